The Morgan fingerprint density at radius 3 is 2.94 bits per heavy atom. The third-order valence-electron chi connectivity index (χ3n) is 2.67. The van der Waals surface area contributed by atoms with Gasteiger partial charge in [-0.1, -0.05) is 18.0 Å². The lowest BCUT2D eigenvalue weighted by Crippen LogP contribution is -2.22. The molecule has 86 valence electrons. The van der Waals surface area contributed by atoms with Crippen LogP contribution in [0.5, 0.6) is 0 Å². The average molecular weight is 259 g/mol. The lowest BCUT2D eigenvalue weighted by atomic mass is 10.0. The molecule has 1 fully saturated rings. The molecular formula is C12H12ClFOS. The van der Waals surface area contributed by atoms with E-state index in [9.17, 15) is 9.18 Å². The summed E-state index contributed by atoms with van der Waals surface area (Å²) in [6.45, 7) is 0. The van der Waals surface area contributed by atoms with Crippen LogP contribution in [0.15, 0.2) is 18.2 Å². The number of benzene rings is 1. The molecule has 0 aromatic heterocycles. The van der Waals surface area contributed by atoms with Crippen LogP contribution in [0.3, 0.4) is 0 Å². The van der Waals surface area contributed by atoms with Crippen molar-refractivity contribution in [3.63, 3.8) is 0 Å². The van der Waals surface area contributed by atoms with Crippen LogP contribution in [-0.2, 0) is 0 Å². The van der Waals surface area contributed by atoms with E-state index in [1.807, 2.05) is 0 Å². The van der Waals surface area contributed by atoms with Crippen LogP contribution >= 0.6 is 23.4 Å². The van der Waals surface area contributed by atoms with Crippen molar-refractivity contribution in [2.75, 3.05) is 5.75 Å². The minimum Gasteiger partial charge on any atom is -0.293 e. The summed E-state index contributed by atoms with van der Waals surface area (Å²) < 4.78 is 13.5. The van der Waals surface area contributed by atoms with Gasteiger partial charge < -0.3 is 0 Å². The van der Waals surface area contributed by atoms with Crippen LogP contribution in [0.1, 0.15) is 29.6 Å². The molecule has 0 N–H and O–H groups in total. The molecule has 1 heterocycles. The highest BCUT2D eigenvalue weighted by molar-refractivity contribution is 8.00. The minimum atomic E-state index is -0.472. The van der Waals surface area contributed by atoms with Crippen molar-refractivity contribution in [1.82, 2.24) is 0 Å². The maximum absolute atomic E-state index is 13.5. The number of rotatable bonds is 2. The van der Waals surface area contributed by atoms with Gasteiger partial charge in [0.05, 0.1) is 10.8 Å². The van der Waals surface area contributed by atoms with Gasteiger partial charge in [-0.05, 0) is 36.8 Å². The van der Waals surface area contributed by atoms with Crippen LogP contribution < -0.4 is 0 Å². The first-order valence-corrected chi connectivity index (χ1v) is 6.72. The van der Waals surface area contributed by atoms with Crippen molar-refractivity contribution in [2.24, 2.45) is 0 Å². The van der Waals surface area contributed by atoms with E-state index in [1.165, 1.54) is 18.2 Å². The van der Waals surface area contributed by atoms with E-state index < -0.39 is 5.82 Å². The molecule has 1 aromatic rings. The van der Waals surface area contributed by atoms with E-state index in [0.717, 1.165) is 25.0 Å². The molecule has 0 bridgehead atoms. The third-order valence-corrected chi connectivity index (χ3v) is 4.28. The van der Waals surface area contributed by atoms with Gasteiger partial charge >= 0.3 is 0 Å². The zero-order chi connectivity index (χ0) is 11.5. The maximum atomic E-state index is 13.5. The molecule has 1 nitrogen and oxygen atoms in total. The van der Waals surface area contributed by atoms with Crippen molar-refractivity contribution in [3.8, 4) is 0 Å². The van der Waals surface area contributed by atoms with E-state index in [2.05, 4.69) is 0 Å². The highest BCUT2D eigenvalue weighted by atomic mass is 35.5. The second kappa shape index (κ2) is 5.19. The number of carbonyl (C=O) groups is 1. The van der Waals surface area contributed by atoms with Crippen molar-refractivity contribution < 1.29 is 9.18 Å². The predicted molar refractivity (Wildman–Crippen MR) is 65.8 cm³/mol. The fourth-order valence-corrected chi connectivity index (χ4v) is 3.25. The molecule has 0 aliphatic carbocycles. The Hall–Kier alpha value is -0.540. The van der Waals surface area contributed by atoms with Crippen molar-refractivity contribution in [3.05, 3.63) is 34.6 Å². The molecule has 1 saturated heterocycles. The van der Waals surface area contributed by atoms with Gasteiger partial charge in [-0.3, -0.25) is 4.79 Å². The average Bonchev–Trinajstić information content (AvgIpc) is 2.32. The Kier molecular flexibility index (Phi) is 3.87. The number of hydrogen-bond donors (Lipinski definition) is 0. The summed E-state index contributed by atoms with van der Waals surface area (Å²) >= 11 is 7.40. The Morgan fingerprint density at radius 2 is 2.25 bits per heavy atom. The van der Waals surface area contributed by atoms with Gasteiger partial charge in [0.1, 0.15) is 5.82 Å². The number of Topliss-reactive ketones (excluding diaryl/α,β-unsaturated/α-hetero) is 1. The van der Waals surface area contributed by atoms with E-state index in [0.29, 0.717) is 5.02 Å². The Morgan fingerprint density at radius 1 is 1.44 bits per heavy atom. The molecule has 4 heteroatoms. The monoisotopic (exact) mass is 258 g/mol. The molecule has 0 spiro atoms. The molecule has 0 radical (unpaired) electrons. The highest BCUT2D eigenvalue weighted by Gasteiger charge is 2.25. The minimum absolute atomic E-state index is 0.0956. The summed E-state index contributed by atoms with van der Waals surface area (Å²) in [5, 5.41) is 0.312. The molecule has 1 aromatic carbocycles. The lowest BCUT2D eigenvalue weighted by Gasteiger charge is -2.20. The van der Waals surface area contributed by atoms with E-state index >= 15 is 0 Å². The molecule has 1 aliphatic heterocycles. The van der Waals surface area contributed by atoms with Gasteiger partial charge in [-0.25, -0.2) is 4.39 Å². The number of halogens is 2. The zero-order valence-corrected chi connectivity index (χ0v) is 10.3. The van der Waals surface area contributed by atoms with Gasteiger partial charge in [0.25, 0.3) is 0 Å². The highest BCUT2D eigenvalue weighted by Crippen LogP contribution is 2.29. The summed E-state index contributed by atoms with van der Waals surface area (Å²) in [7, 11) is 0. The second-order valence-corrected chi connectivity index (χ2v) is 5.59. The van der Waals surface area contributed by atoms with Crippen molar-refractivity contribution >= 4 is 29.1 Å². The number of hydrogen-bond acceptors (Lipinski definition) is 2. The van der Waals surface area contributed by atoms with Crippen LogP contribution in [0, 0.1) is 5.82 Å². The van der Waals surface area contributed by atoms with Crippen LogP contribution in [-0.4, -0.2) is 16.8 Å². The van der Waals surface area contributed by atoms with Gasteiger partial charge in [0.15, 0.2) is 5.78 Å². The van der Waals surface area contributed by atoms with Crippen molar-refractivity contribution in [2.45, 2.75) is 24.5 Å². The first kappa shape index (κ1) is 11.9. The topological polar surface area (TPSA) is 17.1 Å². The van der Waals surface area contributed by atoms with E-state index in [4.69, 9.17) is 11.6 Å². The molecule has 0 amide bonds. The zero-order valence-electron chi connectivity index (χ0n) is 8.71. The quantitative estimate of drug-likeness (QED) is 0.748. The Bertz CT molecular complexity index is 402. The fraction of sp³-hybridized carbons (Fsp3) is 0.417. The smallest absolute Gasteiger partial charge is 0.178 e. The number of carbonyl (C=O) groups excluding carboxylic acids is 1. The summed E-state index contributed by atoms with van der Waals surface area (Å²) in [6.07, 6.45) is 3.04. The maximum Gasteiger partial charge on any atom is 0.178 e. The van der Waals surface area contributed by atoms with Crippen LogP contribution in [0.25, 0.3) is 0 Å². The predicted octanol–water partition coefficient (Wildman–Crippen LogP) is 3.95. The first-order valence-electron chi connectivity index (χ1n) is 5.29. The largest absolute Gasteiger partial charge is 0.293 e. The van der Waals surface area contributed by atoms with Crippen molar-refractivity contribution in [1.29, 1.82) is 0 Å². The van der Waals surface area contributed by atoms with E-state index in [1.54, 1.807) is 11.8 Å². The molecule has 16 heavy (non-hydrogen) atoms. The summed E-state index contributed by atoms with van der Waals surface area (Å²) in [5.41, 5.74) is 0.131. The van der Waals surface area contributed by atoms with E-state index in [-0.39, 0.29) is 16.6 Å². The standard InChI is InChI=1S/C12H12ClFOS/c13-8-4-5-10(14)9(7-8)12(15)11-3-1-2-6-16-11/h4-5,7,11H,1-3,6H2. The molecule has 1 atom stereocenters. The van der Waals surface area contributed by atoms with Gasteiger partial charge in [-0.2, -0.15) is 11.8 Å². The normalized spacial score (nSPS) is 20.8. The third kappa shape index (κ3) is 2.58. The van der Waals surface area contributed by atoms with Gasteiger partial charge in [0, 0.05) is 5.02 Å². The summed E-state index contributed by atoms with van der Waals surface area (Å²) in [4.78, 5) is 12.1. The SMILES string of the molecule is O=C(c1cc(Cl)ccc1F)C1CCCCS1. The summed E-state index contributed by atoms with van der Waals surface area (Å²) in [5.74, 6) is 0.392. The molecule has 2 rings (SSSR count). The molecule has 1 aliphatic rings. The fourth-order valence-electron chi connectivity index (χ4n) is 1.81. The van der Waals surface area contributed by atoms with Crippen LogP contribution in [0.2, 0.25) is 5.02 Å². The van der Waals surface area contributed by atoms with Gasteiger partial charge in [0.2, 0.25) is 0 Å². The number of ketones is 1. The Labute approximate surface area is 103 Å². The molecule has 1 unspecified atom stereocenters. The van der Waals surface area contributed by atoms with Gasteiger partial charge in [-0.15, -0.1) is 0 Å². The second-order valence-electron chi connectivity index (χ2n) is 3.84. The molecular weight excluding hydrogens is 247 g/mol. The van der Waals surface area contributed by atoms with Crippen LogP contribution in [0.4, 0.5) is 4.39 Å². The molecule has 0 saturated carbocycles. The first-order chi connectivity index (χ1) is 7.68. The lowest BCUT2D eigenvalue weighted by molar-refractivity contribution is 0.0981. The number of thioether (sulfide) groups is 1. The Balaban J connectivity index is 2.22. The summed E-state index contributed by atoms with van der Waals surface area (Å²) in [6, 6.07) is 4.14.